The van der Waals surface area contributed by atoms with Crippen LogP contribution in [0.3, 0.4) is 0 Å². The summed E-state index contributed by atoms with van der Waals surface area (Å²) in [7, 11) is 1.49. The van der Waals surface area contributed by atoms with Crippen LogP contribution in [-0.2, 0) is 0 Å². The number of hydrogen-bond donors (Lipinski definition) is 2. The molecule has 1 amide bonds. The highest BCUT2D eigenvalue weighted by Gasteiger charge is 2.17. The lowest BCUT2D eigenvalue weighted by Gasteiger charge is -2.13. The summed E-state index contributed by atoms with van der Waals surface area (Å²) in [4.78, 5) is 23.4. The summed E-state index contributed by atoms with van der Waals surface area (Å²) in [6.07, 6.45) is 0. The first-order valence-electron chi connectivity index (χ1n) is 6.51. The first-order chi connectivity index (χ1) is 10.8. The van der Waals surface area contributed by atoms with E-state index >= 15 is 0 Å². The van der Waals surface area contributed by atoms with Crippen molar-refractivity contribution in [2.75, 3.05) is 12.4 Å². The molecule has 0 radical (unpaired) electrons. The Kier molecular flexibility index (Phi) is 5.28. The lowest BCUT2D eigenvalue weighted by molar-refractivity contribution is 0.0697. The molecule has 23 heavy (non-hydrogen) atoms. The summed E-state index contributed by atoms with van der Waals surface area (Å²) in [5.74, 6) is -1.04. The summed E-state index contributed by atoms with van der Waals surface area (Å²) in [6, 6.07) is 7.69. The van der Waals surface area contributed by atoms with Gasteiger partial charge in [-0.1, -0.05) is 27.5 Å². The largest absolute Gasteiger partial charge is 0.496 e. The third kappa shape index (κ3) is 3.83. The number of carboxylic acids is 1. The number of aromatic carboxylic acids is 1. The highest BCUT2D eigenvalue weighted by Crippen LogP contribution is 2.29. The Morgan fingerprint density at radius 2 is 1.91 bits per heavy atom. The van der Waals surface area contributed by atoms with Gasteiger partial charge in [-0.15, -0.1) is 0 Å². The molecule has 0 saturated heterocycles. The number of methoxy groups -OCH3 is 1. The predicted molar refractivity (Wildman–Crippen MR) is 91.8 cm³/mol. The monoisotopic (exact) mass is 397 g/mol. The first-order valence-corrected chi connectivity index (χ1v) is 7.69. The zero-order valence-electron chi connectivity index (χ0n) is 12.3. The number of benzene rings is 2. The maximum atomic E-state index is 12.5. The molecular formula is C16H13BrClNO4. The van der Waals surface area contributed by atoms with Crippen LogP contribution >= 0.6 is 27.5 Å². The number of hydrogen-bond acceptors (Lipinski definition) is 3. The van der Waals surface area contributed by atoms with Crippen molar-refractivity contribution >= 4 is 45.1 Å². The van der Waals surface area contributed by atoms with Crippen LogP contribution in [0.25, 0.3) is 0 Å². The molecule has 0 aliphatic heterocycles. The van der Waals surface area contributed by atoms with E-state index in [-0.39, 0.29) is 16.5 Å². The number of carboxylic acid groups (broad SMARTS) is 1. The molecule has 0 atom stereocenters. The maximum Gasteiger partial charge on any atom is 0.337 e. The van der Waals surface area contributed by atoms with Gasteiger partial charge in [0.1, 0.15) is 5.75 Å². The molecule has 0 heterocycles. The number of carbonyl (C=O) groups excluding carboxylic acids is 1. The lowest BCUT2D eigenvalue weighted by atomic mass is 10.1. The fourth-order valence-corrected chi connectivity index (χ4v) is 2.97. The van der Waals surface area contributed by atoms with Crippen LogP contribution in [-0.4, -0.2) is 24.1 Å². The molecule has 2 aromatic rings. The van der Waals surface area contributed by atoms with Gasteiger partial charge in [0.25, 0.3) is 5.91 Å². The molecule has 2 rings (SSSR count). The molecule has 0 fully saturated rings. The number of ether oxygens (including phenoxy) is 1. The Hall–Kier alpha value is -2.05. The smallest absolute Gasteiger partial charge is 0.337 e. The summed E-state index contributed by atoms with van der Waals surface area (Å²) in [6.45, 7) is 1.83. The van der Waals surface area contributed by atoms with Crippen molar-refractivity contribution in [2.24, 2.45) is 0 Å². The normalized spacial score (nSPS) is 10.3. The van der Waals surface area contributed by atoms with Crippen LogP contribution in [0.5, 0.6) is 5.75 Å². The Morgan fingerprint density at radius 1 is 1.22 bits per heavy atom. The molecule has 0 aliphatic rings. The molecule has 0 saturated carbocycles. The second-order valence-corrected chi connectivity index (χ2v) is 6.08. The molecule has 2 aromatic carbocycles. The fraction of sp³-hybridized carbons (Fsp3) is 0.125. The van der Waals surface area contributed by atoms with E-state index in [1.165, 1.54) is 25.3 Å². The van der Waals surface area contributed by atoms with E-state index in [2.05, 4.69) is 21.2 Å². The third-order valence-corrected chi connectivity index (χ3v) is 3.92. The zero-order chi connectivity index (χ0) is 17.1. The van der Waals surface area contributed by atoms with Crippen molar-refractivity contribution in [2.45, 2.75) is 6.92 Å². The number of aryl methyl sites for hydroxylation is 1. The highest BCUT2D eigenvalue weighted by atomic mass is 79.9. The van der Waals surface area contributed by atoms with Crippen molar-refractivity contribution in [1.29, 1.82) is 0 Å². The molecule has 7 heteroatoms. The van der Waals surface area contributed by atoms with Gasteiger partial charge in [0.05, 0.1) is 23.3 Å². The van der Waals surface area contributed by atoms with Gasteiger partial charge < -0.3 is 15.2 Å². The maximum absolute atomic E-state index is 12.5. The Balaban J connectivity index is 2.33. The summed E-state index contributed by atoms with van der Waals surface area (Å²) in [5.41, 5.74) is 1.54. The Morgan fingerprint density at radius 3 is 2.48 bits per heavy atom. The van der Waals surface area contributed by atoms with E-state index in [1.807, 2.05) is 13.0 Å². The molecule has 0 aromatic heterocycles. The van der Waals surface area contributed by atoms with Gasteiger partial charge in [-0.25, -0.2) is 4.79 Å². The molecule has 0 aliphatic carbocycles. The van der Waals surface area contributed by atoms with Crippen molar-refractivity contribution in [3.63, 3.8) is 0 Å². The van der Waals surface area contributed by atoms with E-state index < -0.39 is 5.97 Å². The highest BCUT2D eigenvalue weighted by molar-refractivity contribution is 9.10. The van der Waals surface area contributed by atoms with E-state index in [1.54, 1.807) is 6.07 Å². The van der Waals surface area contributed by atoms with Crippen molar-refractivity contribution in [1.82, 2.24) is 0 Å². The number of anilines is 1. The molecule has 5 nitrogen and oxygen atoms in total. The van der Waals surface area contributed by atoms with Gasteiger partial charge >= 0.3 is 5.97 Å². The minimum absolute atomic E-state index is 0.0273. The number of rotatable bonds is 4. The molecule has 2 N–H and O–H groups in total. The van der Waals surface area contributed by atoms with Crippen LogP contribution in [0.2, 0.25) is 5.02 Å². The minimum atomic E-state index is -1.13. The van der Waals surface area contributed by atoms with Crippen molar-refractivity contribution < 1.29 is 19.4 Å². The van der Waals surface area contributed by atoms with Gasteiger partial charge in [-0.05, 0) is 42.8 Å². The summed E-state index contributed by atoms with van der Waals surface area (Å²) < 4.78 is 6.03. The number of amides is 1. The Labute approximate surface area is 146 Å². The summed E-state index contributed by atoms with van der Waals surface area (Å²) in [5, 5.41) is 11.7. The second-order valence-electron chi connectivity index (χ2n) is 4.76. The van der Waals surface area contributed by atoms with Crippen molar-refractivity contribution in [3.8, 4) is 5.75 Å². The minimum Gasteiger partial charge on any atom is -0.496 e. The van der Waals surface area contributed by atoms with Crippen LogP contribution in [0.15, 0.2) is 34.8 Å². The molecular weight excluding hydrogens is 386 g/mol. The van der Waals surface area contributed by atoms with E-state index in [9.17, 15) is 9.59 Å². The average molecular weight is 399 g/mol. The van der Waals surface area contributed by atoms with E-state index in [4.69, 9.17) is 21.4 Å². The van der Waals surface area contributed by atoms with Gasteiger partial charge in [0.2, 0.25) is 0 Å². The molecule has 120 valence electrons. The standard InChI is InChI=1S/C16H13BrClNO4/c1-8-5-9(17)6-12(14(8)23-2)15(20)19-10-3-4-11(16(21)22)13(18)7-10/h3-7H,1-2H3,(H,19,20)(H,21,22). The van der Waals surface area contributed by atoms with Crippen LogP contribution < -0.4 is 10.1 Å². The second kappa shape index (κ2) is 7.02. The quantitative estimate of drug-likeness (QED) is 0.802. The number of carbonyl (C=O) groups is 2. The number of nitrogens with one attached hydrogen (secondary N) is 1. The van der Waals surface area contributed by atoms with Gasteiger partial charge in [0, 0.05) is 10.2 Å². The molecule has 0 spiro atoms. The predicted octanol–water partition coefficient (Wildman–Crippen LogP) is 4.37. The lowest BCUT2D eigenvalue weighted by Crippen LogP contribution is -2.14. The van der Waals surface area contributed by atoms with Gasteiger partial charge in [-0.3, -0.25) is 4.79 Å². The van der Waals surface area contributed by atoms with Crippen LogP contribution in [0, 0.1) is 6.92 Å². The van der Waals surface area contributed by atoms with Crippen LogP contribution in [0.1, 0.15) is 26.3 Å². The van der Waals surface area contributed by atoms with Gasteiger partial charge in [0.15, 0.2) is 0 Å². The molecule has 0 unspecified atom stereocenters. The topological polar surface area (TPSA) is 75.6 Å². The Bertz CT molecular complexity index is 792. The zero-order valence-corrected chi connectivity index (χ0v) is 14.7. The van der Waals surface area contributed by atoms with Crippen LogP contribution in [0.4, 0.5) is 5.69 Å². The fourth-order valence-electron chi connectivity index (χ4n) is 2.13. The van der Waals surface area contributed by atoms with E-state index in [0.29, 0.717) is 17.0 Å². The SMILES string of the molecule is COc1c(C)cc(Br)cc1C(=O)Nc1ccc(C(=O)O)c(Cl)c1. The first kappa shape index (κ1) is 17.3. The van der Waals surface area contributed by atoms with Gasteiger partial charge in [-0.2, -0.15) is 0 Å². The number of halogens is 2. The van der Waals surface area contributed by atoms with E-state index in [0.717, 1.165) is 10.0 Å². The van der Waals surface area contributed by atoms with Crippen molar-refractivity contribution in [3.05, 3.63) is 56.5 Å². The third-order valence-electron chi connectivity index (χ3n) is 3.15. The molecule has 0 bridgehead atoms. The average Bonchev–Trinajstić information content (AvgIpc) is 2.46. The summed E-state index contributed by atoms with van der Waals surface area (Å²) >= 11 is 9.24.